The fourth-order valence-electron chi connectivity index (χ4n) is 3.68. The van der Waals surface area contributed by atoms with Gasteiger partial charge >= 0.3 is 0 Å². The van der Waals surface area contributed by atoms with Crippen LogP contribution in [0.1, 0.15) is 44.4 Å². The normalized spacial score (nSPS) is 11.2. The number of carbonyl (C=O) groups excluding carboxylic acids is 3. The van der Waals surface area contributed by atoms with Gasteiger partial charge in [-0.15, -0.1) is 0 Å². The number of carbonyl (C=O) groups is 3. The molecule has 1 heterocycles. The maximum atomic E-state index is 12.9. The molecule has 1 atom stereocenters. The smallest absolute Gasteiger partial charge is 0.251 e. The van der Waals surface area contributed by atoms with E-state index in [2.05, 4.69) is 20.9 Å². The summed E-state index contributed by atoms with van der Waals surface area (Å²) in [5.74, 6) is -0.818. The predicted molar refractivity (Wildman–Crippen MR) is 138 cm³/mol. The van der Waals surface area contributed by atoms with Gasteiger partial charge in [0.25, 0.3) is 11.8 Å². The van der Waals surface area contributed by atoms with Crippen LogP contribution in [-0.2, 0) is 11.3 Å². The van der Waals surface area contributed by atoms with Crippen LogP contribution in [0.5, 0.6) is 0 Å². The number of benzene rings is 3. The van der Waals surface area contributed by atoms with Crippen molar-refractivity contribution in [3.05, 3.63) is 132 Å². The minimum Gasteiger partial charge on any atom is -0.346 e. The second-order valence-corrected chi connectivity index (χ2v) is 8.14. The Kier molecular flexibility index (Phi) is 8.17. The molecule has 36 heavy (non-hydrogen) atoms. The molecule has 0 saturated carbocycles. The third-order valence-electron chi connectivity index (χ3n) is 5.50. The van der Waals surface area contributed by atoms with Gasteiger partial charge in [-0.25, -0.2) is 0 Å². The number of aromatic nitrogens is 1. The summed E-state index contributed by atoms with van der Waals surface area (Å²) in [6, 6.07) is 29.9. The molecule has 0 aliphatic heterocycles. The van der Waals surface area contributed by atoms with Gasteiger partial charge in [-0.05, 0) is 48.0 Å². The zero-order valence-electron chi connectivity index (χ0n) is 19.6. The van der Waals surface area contributed by atoms with Crippen LogP contribution in [0.25, 0.3) is 0 Å². The first-order valence-corrected chi connectivity index (χ1v) is 11.6. The molecule has 3 N–H and O–H groups in total. The lowest BCUT2D eigenvalue weighted by molar-refractivity contribution is -0.116. The lowest BCUT2D eigenvalue weighted by atomic mass is 10.0. The Labute approximate surface area is 209 Å². The maximum Gasteiger partial charge on any atom is 0.251 e. The number of nitrogens with zero attached hydrogens (tertiary/aromatic N) is 1. The van der Waals surface area contributed by atoms with Gasteiger partial charge in [0.1, 0.15) is 0 Å². The van der Waals surface area contributed by atoms with E-state index in [1.807, 2.05) is 54.6 Å². The third-order valence-corrected chi connectivity index (χ3v) is 5.50. The molecule has 0 radical (unpaired) electrons. The Morgan fingerprint density at radius 1 is 0.722 bits per heavy atom. The number of rotatable bonds is 9. The zero-order chi connectivity index (χ0) is 25.2. The van der Waals surface area contributed by atoms with Gasteiger partial charge in [0, 0.05) is 23.0 Å². The number of hydrogen-bond acceptors (Lipinski definition) is 4. The minimum absolute atomic E-state index is 0.0265. The Morgan fingerprint density at radius 3 is 2.14 bits per heavy atom. The van der Waals surface area contributed by atoms with Crippen molar-refractivity contribution in [2.45, 2.75) is 19.0 Å². The van der Waals surface area contributed by atoms with Crippen LogP contribution in [0.2, 0.25) is 0 Å². The van der Waals surface area contributed by atoms with Crippen molar-refractivity contribution in [2.75, 3.05) is 5.32 Å². The summed E-state index contributed by atoms with van der Waals surface area (Å²) in [5.41, 5.74) is 3.00. The van der Waals surface area contributed by atoms with Gasteiger partial charge in [0.2, 0.25) is 5.91 Å². The van der Waals surface area contributed by atoms with E-state index in [1.165, 1.54) is 0 Å². The molecule has 0 bridgehead atoms. The molecule has 0 spiro atoms. The van der Waals surface area contributed by atoms with Crippen molar-refractivity contribution in [2.24, 2.45) is 0 Å². The molecular weight excluding hydrogens is 452 g/mol. The molecule has 0 aliphatic carbocycles. The SMILES string of the molecule is O=C(CC(NC(=O)c1ccccc1)c1ccccc1)Nc1cccc(C(=O)NCc2ccccn2)c1. The van der Waals surface area contributed by atoms with Crippen LogP contribution >= 0.6 is 0 Å². The molecule has 1 aromatic heterocycles. The van der Waals surface area contributed by atoms with Gasteiger partial charge in [-0.3, -0.25) is 19.4 Å². The second-order valence-electron chi connectivity index (χ2n) is 8.14. The van der Waals surface area contributed by atoms with Crippen LogP contribution < -0.4 is 16.0 Å². The summed E-state index contributed by atoms with van der Waals surface area (Å²) in [5, 5.41) is 8.63. The Morgan fingerprint density at radius 2 is 1.42 bits per heavy atom. The van der Waals surface area contributed by atoms with Crippen molar-refractivity contribution < 1.29 is 14.4 Å². The number of anilines is 1. The van der Waals surface area contributed by atoms with Crippen molar-refractivity contribution in [1.82, 2.24) is 15.6 Å². The molecule has 1 unspecified atom stereocenters. The molecule has 180 valence electrons. The molecule has 0 fully saturated rings. The van der Waals surface area contributed by atoms with Crippen LogP contribution in [0.15, 0.2) is 109 Å². The summed E-state index contributed by atoms with van der Waals surface area (Å²) in [4.78, 5) is 42.5. The summed E-state index contributed by atoms with van der Waals surface area (Å²) in [6.07, 6.45) is 1.70. The van der Waals surface area contributed by atoms with Crippen molar-refractivity contribution in [3.8, 4) is 0 Å². The highest BCUT2D eigenvalue weighted by molar-refractivity contribution is 5.98. The third kappa shape index (κ3) is 6.87. The fourth-order valence-corrected chi connectivity index (χ4v) is 3.68. The van der Waals surface area contributed by atoms with E-state index in [1.54, 1.807) is 54.7 Å². The van der Waals surface area contributed by atoms with E-state index >= 15 is 0 Å². The summed E-state index contributed by atoms with van der Waals surface area (Å²) < 4.78 is 0. The summed E-state index contributed by atoms with van der Waals surface area (Å²) in [7, 11) is 0. The number of hydrogen-bond donors (Lipinski definition) is 3. The van der Waals surface area contributed by atoms with Gasteiger partial charge in [-0.2, -0.15) is 0 Å². The first-order chi connectivity index (χ1) is 17.6. The first-order valence-electron chi connectivity index (χ1n) is 11.6. The number of nitrogens with one attached hydrogen (secondary N) is 3. The highest BCUT2D eigenvalue weighted by Gasteiger charge is 2.19. The van der Waals surface area contributed by atoms with E-state index in [0.29, 0.717) is 23.4 Å². The monoisotopic (exact) mass is 478 g/mol. The van der Waals surface area contributed by atoms with Crippen molar-refractivity contribution in [1.29, 1.82) is 0 Å². The Hall–Kier alpha value is -4.78. The van der Waals surface area contributed by atoms with E-state index in [9.17, 15) is 14.4 Å². The van der Waals surface area contributed by atoms with E-state index in [4.69, 9.17) is 0 Å². The van der Waals surface area contributed by atoms with Gasteiger partial charge in [0.15, 0.2) is 0 Å². The van der Waals surface area contributed by atoms with E-state index in [0.717, 1.165) is 11.3 Å². The number of pyridine rings is 1. The summed E-state index contributed by atoms with van der Waals surface area (Å²) in [6.45, 7) is 0.302. The molecular formula is C29H26N4O3. The highest BCUT2D eigenvalue weighted by atomic mass is 16.2. The van der Waals surface area contributed by atoms with E-state index in [-0.39, 0.29) is 24.1 Å². The highest BCUT2D eigenvalue weighted by Crippen LogP contribution is 2.19. The van der Waals surface area contributed by atoms with Gasteiger partial charge in [-0.1, -0.05) is 60.7 Å². The predicted octanol–water partition coefficient (Wildman–Crippen LogP) is 4.51. The standard InChI is InChI=1S/C29H26N4O3/c34-27(19-26(21-10-3-1-4-11-21)33-29(36)22-12-5-2-6-13-22)32-24-16-9-14-23(18-24)28(35)31-20-25-15-7-8-17-30-25/h1-18,26H,19-20H2,(H,31,35)(H,32,34)(H,33,36). The lowest BCUT2D eigenvalue weighted by Crippen LogP contribution is -2.31. The Balaban J connectivity index is 1.41. The Bertz CT molecular complexity index is 1310. The molecule has 7 heteroatoms. The maximum absolute atomic E-state index is 12.9. The second kappa shape index (κ2) is 12.1. The average Bonchev–Trinajstić information content (AvgIpc) is 2.93. The molecule has 7 nitrogen and oxygen atoms in total. The first kappa shape index (κ1) is 24.3. The van der Waals surface area contributed by atoms with Crippen molar-refractivity contribution in [3.63, 3.8) is 0 Å². The largest absolute Gasteiger partial charge is 0.346 e. The van der Waals surface area contributed by atoms with Crippen LogP contribution in [0, 0.1) is 0 Å². The van der Waals surface area contributed by atoms with Crippen LogP contribution in [0.3, 0.4) is 0 Å². The van der Waals surface area contributed by atoms with Crippen LogP contribution in [0.4, 0.5) is 5.69 Å². The van der Waals surface area contributed by atoms with Gasteiger partial charge < -0.3 is 16.0 Å². The molecule has 4 rings (SSSR count). The summed E-state index contributed by atoms with van der Waals surface area (Å²) >= 11 is 0. The number of amides is 3. The lowest BCUT2D eigenvalue weighted by Gasteiger charge is -2.19. The fraction of sp³-hybridized carbons (Fsp3) is 0.103. The minimum atomic E-state index is -0.524. The van der Waals surface area contributed by atoms with Crippen molar-refractivity contribution >= 4 is 23.4 Å². The van der Waals surface area contributed by atoms with E-state index < -0.39 is 6.04 Å². The average molecular weight is 479 g/mol. The van der Waals surface area contributed by atoms with Gasteiger partial charge in [0.05, 0.1) is 24.7 Å². The molecule has 0 saturated heterocycles. The molecule has 0 aliphatic rings. The zero-order valence-corrected chi connectivity index (χ0v) is 19.6. The quantitative estimate of drug-likeness (QED) is 0.330. The van der Waals surface area contributed by atoms with Crippen LogP contribution in [-0.4, -0.2) is 22.7 Å². The topological polar surface area (TPSA) is 100 Å². The molecule has 4 aromatic rings. The molecule has 3 amide bonds. The molecule has 3 aromatic carbocycles.